The van der Waals surface area contributed by atoms with Crippen molar-refractivity contribution < 1.29 is 0 Å². The van der Waals surface area contributed by atoms with Crippen LogP contribution in [-0.2, 0) is 6.54 Å². The summed E-state index contributed by atoms with van der Waals surface area (Å²) in [6.45, 7) is 0.836. The molecule has 1 aromatic heterocycles. The Morgan fingerprint density at radius 2 is 2.00 bits per heavy atom. The van der Waals surface area contributed by atoms with Gasteiger partial charge >= 0.3 is 0 Å². The zero-order chi connectivity index (χ0) is 13.1. The van der Waals surface area contributed by atoms with E-state index in [9.17, 15) is 0 Å². The third-order valence-electron chi connectivity index (χ3n) is 2.80. The first-order chi connectivity index (χ1) is 9.35. The molecule has 0 amide bonds. The molecular weight excluding hydrogens is 272 g/mol. The molecule has 4 heteroatoms. The molecule has 19 heavy (non-hydrogen) atoms. The van der Waals surface area contributed by atoms with E-state index < -0.39 is 0 Å². The van der Waals surface area contributed by atoms with Crippen LogP contribution in [0.5, 0.6) is 0 Å². The lowest BCUT2D eigenvalue weighted by molar-refractivity contribution is 0.810. The Kier molecular flexibility index (Phi) is 3.82. The van der Waals surface area contributed by atoms with Gasteiger partial charge in [0.05, 0.1) is 10.4 Å². The highest BCUT2D eigenvalue weighted by Crippen LogP contribution is 2.33. The van der Waals surface area contributed by atoms with Gasteiger partial charge in [0, 0.05) is 11.4 Å². The number of hydrogen-bond donors (Lipinski definition) is 1. The molecule has 0 saturated heterocycles. The first-order valence-electron chi connectivity index (χ1n) is 6.11. The van der Waals surface area contributed by atoms with Crippen LogP contribution in [0.1, 0.15) is 5.01 Å². The summed E-state index contributed by atoms with van der Waals surface area (Å²) in [6.07, 6.45) is 1.96. The highest BCUT2D eigenvalue weighted by atomic mass is 32.2. The van der Waals surface area contributed by atoms with Crippen molar-refractivity contribution in [2.24, 2.45) is 0 Å². The van der Waals surface area contributed by atoms with Crippen LogP contribution in [-0.4, -0.2) is 12.0 Å². The summed E-state index contributed by atoms with van der Waals surface area (Å²) in [5, 5.41) is 6.82. The summed E-state index contributed by atoms with van der Waals surface area (Å²) in [4.78, 5) is 5.66. The maximum atomic E-state index is 4.40. The van der Waals surface area contributed by atoms with E-state index >= 15 is 0 Å². The minimum atomic E-state index is 0.836. The molecule has 0 aliphatic carbocycles. The average Bonchev–Trinajstić information content (AvgIpc) is 2.86. The molecule has 3 rings (SSSR count). The molecule has 0 spiro atoms. The van der Waals surface area contributed by atoms with E-state index in [1.807, 2.05) is 13.2 Å². The van der Waals surface area contributed by atoms with Crippen molar-refractivity contribution in [1.82, 2.24) is 10.3 Å². The highest BCUT2D eigenvalue weighted by molar-refractivity contribution is 8.01. The maximum absolute atomic E-state index is 4.40. The quantitative estimate of drug-likeness (QED) is 0.779. The number of nitrogens with one attached hydrogen (secondary N) is 1. The number of hydrogen-bond acceptors (Lipinski definition) is 4. The smallest absolute Gasteiger partial charge is 0.107 e. The minimum absolute atomic E-state index is 0.836. The summed E-state index contributed by atoms with van der Waals surface area (Å²) < 4.78 is 1.24. The lowest BCUT2D eigenvalue weighted by atomic mass is 10.1. The van der Waals surface area contributed by atoms with Crippen LogP contribution < -0.4 is 5.32 Å². The number of rotatable bonds is 4. The Bertz CT molecular complexity index is 691. The van der Waals surface area contributed by atoms with Crippen molar-refractivity contribution in [3.8, 4) is 0 Å². The molecule has 0 radical (unpaired) electrons. The summed E-state index contributed by atoms with van der Waals surface area (Å²) in [6, 6.07) is 15.0. The Morgan fingerprint density at radius 3 is 2.84 bits per heavy atom. The van der Waals surface area contributed by atoms with Gasteiger partial charge in [0.1, 0.15) is 5.01 Å². The number of fused-ring (bicyclic) bond motifs is 1. The normalized spacial score (nSPS) is 11.0. The molecule has 0 bridgehead atoms. The monoisotopic (exact) mass is 286 g/mol. The van der Waals surface area contributed by atoms with Crippen molar-refractivity contribution in [3.05, 3.63) is 53.7 Å². The Hall–Kier alpha value is -1.36. The van der Waals surface area contributed by atoms with Crippen LogP contribution in [0.3, 0.4) is 0 Å². The van der Waals surface area contributed by atoms with Crippen LogP contribution in [0.2, 0.25) is 0 Å². The molecule has 0 fully saturated rings. The topological polar surface area (TPSA) is 24.9 Å². The molecule has 0 aliphatic heterocycles. The zero-order valence-electron chi connectivity index (χ0n) is 10.6. The predicted octanol–water partition coefficient (Wildman–Crippen LogP) is 4.17. The molecular formula is C15H14N2S2. The van der Waals surface area contributed by atoms with Gasteiger partial charge in [-0.05, 0) is 30.0 Å². The van der Waals surface area contributed by atoms with Crippen molar-refractivity contribution in [3.63, 3.8) is 0 Å². The fourth-order valence-corrected chi connectivity index (χ4v) is 3.98. The molecule has 0 atom stereocenters. The van der Waals surface area contributed by atoms with Gasteiger partial charge in [-0.2, -0.15) is 0 Å². The van der Waals surface area contributed by atoms with E-state index in [2.05, 4.69) is 52.8 Å². The highest BCUT2D eigenvalue weighted by Gasteiger charge is 2.04. The van der Waals surface area contributed by atoms with Gasteiger partial charge in [-0.25, -0.2) is 4.98 Å². The number of thiazole rings is 1. The SMILES string of the molecule is CNCc1ncc(Sc2ccc3ccccc3c2)s1. The van der Waals surface area contributed by atoms with Gasteiger partial charge in [-0.15, -0.1) is 11.3 Å². The van der Waals surface area contributed by atoms with E-state index in [-0.39, 0.29) is 0 Å². The van der Waals surface area contributed by atoms with Crippen molar-refractivity contribution in [2.75, 3.05) is 7.05 Å². The summed E-state index contributed by atoms with van der Waals surface area (Å²) >= 11 is 3.52. The lowest BCUT2D eigenvalue weighted by Gasteiger charge is -2.01. The Labute approximate surface area is 120 Å². The lowest BCUT2D eigenvalue weighted by Crippen LogP contribution is -2.03. The molecule has 3 aromatic rings. The second-order valence-electron chi connectivity index (χ2n) is 4.21. The number of benzene rings is 2. The minimum Gasteiger partial charge on any atom is -0.314 e. The van der Waals surface area contributed by atoms with Crippen molar-refractivity contribution in [1.29, 1.82) is 0 Å². The summed E-state index contributed by atoms with van der Waals surface area (Å²) in [7, 11) is 1.94. The van der Waals surface area contributed by atoms with Gasteiger partial charge in [-0.1, -0.05) is 42.1 Å². The van der Waals surface area contributed by atoms with Crippen molar-refractivity contribution >= 4 is 33.9 Å². The molecule has 2 aromatic carbocycles. The Morgan fingerprint density at radius 1 is 1.16 bits per heavy atom. The standard InChI is InChI=1S/C15H14N2S2/c1-16-9-14-17-10-15(19-14)18-13-7-6-11-4-2-3-5-12(11)8-13/h2-8,10,16H,9H2,1H3. The summed E-state index contributed by atoms with van der Waals surface area (Å²) in [5.41, 5.74) is 0. The fraction of sp³-hybridized carbons (Fsp3) is 0.133. The average molecular weight is 286 g/mol. The molecule has 2 nitrogen and oxygen atoms in total. The van der Waals surface area contributed by atoms with Gasteiger partial charge in [0.15, 0.2) is 0 Å². The van der Waals surface area contributed by atoms with E-state index in [1.54, 1.807) is 23.1 Å². The van der Waals surface area contributed by atoms with Crippen molar-refractivity contribution in [2.45, 2.75) is 15.6 Å². The van der Waals surface area contributed by atoms with Gasteiger partial charge < -0.3 is 5.32 Å². The fourth-order valence-electron chi connectivity index (χ4n) is 1.92. The van der Waals surface area contributed by atoms with E-state index in [1.165, 1.54) is 19.9 Å². The largest absolute Gasteiger partial charge is 0.314 e. The van der Waals surface area contributed by atoms with E-state index in [0.717, 1.165) is 11.6 Å². The number of aromatic nitrogens is 1. The van der Waals surface area contributed by atoms with Gasteiger partial charge in [0.2, 0.25) is 0 Å². The molecule has 1 heterocycles. The summed E-state index contributed by atoms with van der Waals surface area (Å²) in [5.74, 6) is 0. The number of nitrogens with zero attached hydrogens (tertiary/aromatic N) is 1. The predicted molar refractivity (Wildman–Crippen MR) is 82.9 cm³/mol. The molecule has 0 unspecified atom stereocenters. The van der Waals surface area contributed by atoms with Gasteiger partial charge in [0.25, 0.3) is 0 Å². The van der Waals surface area contributed by atoms with E-state index in [0.29, 0.717) is 0 Å². The molecule has 0 aliphatic rings. The van der Waals surface area contributed by atoms with E-state index in [4.69, 9.17) is 0 Å². The van der Waals surface area contributed by atoms with Crippen LogP contribution in [0.15, 0.2) is 57.8 Å². The van der Waals surface area contributed by atoms with Gasteiger partial charge in [-0.3, -0.25) is 0 Å². The maximum Gasteiger partial charge on any atom is 0.107 e. The first kappa shape index (κ1) is 12.7. The molecule has 96 valence electrons. The third-order valence-corrected chi connectivity index (χ3v) is 4.89. The molecule has 0 saturated carbocycles. The van der Waals surface area contributed by atoms with Crippen LogP contribution in [0.4, 0.5) is 0 Å². The molecule has 1 N–H and O–H groups in total. The van der Waals surface area contributed by atoms with Crippen LogP contribution in [0.25, 0.3) is 10.8 Å². The Balaban J connectivity index is 1.83. The third kappa shape index (κ3) is 2.97. The second-order valence-corrected chi connectivity index (χ2v) is 6.70. The zero-order valence-corrected chi connectivity index (χ0v) is 12.2. The van der Waals surface area contributed by atoms with Crippen LogP contribution in [0, 0.1) is 0 Å². The second kappa shape index (κ2) is 5.74. The van der Waals surface area contributed by atoms with Crippen LogP contribution >= 0.6 is 23.1 Å². The first-order valence-corrected chi connectivity index (χ1v) is 7.74.